The van der Waals surface area contributed by atoms with Crippen molar-refractivity contribution >= 4 is 22.6 Å². The van der Waals surface area contributed by atoms with Crippen LogP contribution in [-0.4, -0.2) is 52.0 Å². The Morgan fingerprint density at radius 1 is 0.943 bits per heavy atom. The summed E-state index contributed by atoms with van der Waals surface area (Å²) in [5.41, 5.74) is 7.79. The van der Waals surface area contributed by atoms with Crippen LogP contribution in [0.15, 0.2) is 72.8 Å². The summed E-state index contributed by atoms with van der Waals surface area (Å²) in [6.07, 6.45) is 3.06. The monoisotopic (exact) mass is 464 g/mol. The molecule has 176 valence electrons. The molecule has 6 heteroatoms. The van der Waals surface area contributed by atoms with Crippen molar-refractivity contribution in [3.63, 3.8) is 0 Å². The number of carbonyl (C=O) groups excluding carboxylic acids is 1. The maximum Gasteiger partial charge on any atom is 0.320 e. The summed E-state index contributed by atoms with van der Waals surface area (Å²) in [7, 11) is 0. The summed E-state index contributed by atoms with van der Waals surface area (Å²) < 4.78 is 6.02. The lowest BCUT2D eigenvalue weighted by atomic mass is 10.00. The summed E-state index contributed by atoms with van der Waals surface area (Å²) in [5.74, 6) is 1.76. The van der Waals surface area contributed by atoms with E-state index in [1.165, 1.54) is 11.1 Å². The Labute approximate surface area is 204 Å². The van der Waals surface area contributed by atoms with Crippen molar-refractivity contribution in [2.75, 3.05) is 26.2 Å². The second-order valence-corrected chi connectivity index (χ2v) is 9.22. The van der Waals surface area contributed by atoms with Crippen molar-refractivity contribution in [1.29, 1.82) is 0 Å². The highest BCUT2D eigenvalue weighted by Gasteiger charge is 2.26. The van der Waals surface area contributed by atoms with Crippen LogP contribution in [0, 0.1) is 6.92 Å². The molecular weight excluding hydrogens is 436 g/mol. The maximum absolute atomic E-state index is 13.4. The van der Waals surface area contributed by atoms with Gasteiger partial charge in [0.2, 0.25) is 0 Å². The Bertz CT molecular complexity index is 1420. The molecular formula is C29H28N4O2. The van der Waals surface area contributed by atoms with Crippen molar-refractivity contribution < 1.29 is 9.53 Å². The van der Waals surface area contributed by atoms with Crippen LogP contribution in [0.3, 0.4) is 0 Å². The summed E-state index contributed by atoms with van der Waals surface area (Å²) >= 11 is 0. The minimum atomic E-state index is 0.0737. The fraction of sp³-hybridized carbons (Fsp3) is 0.241. The Balaban J connectivity index is 1.21. The zero-order valence-corrected chi connectivity index (χ0v) is 19.8. The van der Waals surface area contributed by atoms with Gasteiger partial charge in [0, 0.05) is 18.7 Å². The molecule has 0 spiro atoms. The van der Waals surface area contributed by atoms with Crippen LogP contribution >= 0.6 is 0 Å². The number of urea groups is 1. The largest absolute Gasteiger partial charge is 0.491 e. The van der Waals surface area contributed by atoms with Crippen molar-refractivity contribution in [3.05, 3.63) is 89.8 Å². The number of hydrogen-bond donors (Lipinski definition) is 1. The quantitative estimate of drug-likeness (QED) is 0.418. The number of carbonyl (C=O) groups is 1. The predicted molar refractivity (Wildman–Crippen MR) is 138 cm³/mol. The normalized spacial score (nSPS) is 15.9. The molecule has 1 aromatic heterocycles. The molecule has 3 heterocycles. The van der Waals surface area contributed by atoms with Crippen LogP contribution in [0.5, 0.6) is 5.75 Å². The van der Waals surface area contributed by atoms with E-state index in [2.05, 4.69) is 64.6 Å². The first-order valence-electron chi connectivity index (χ1n) is 12.1. The fourth-order valence-electron chi connectivity index (χ4n) is 5.01. The average molecular weight is 465 g/mol. The van der Waals surface area contributed by atoms with Crippen molar-refractivity contribution in [3.8, 4) is 16.9 Å². The van der Waals surface area contributed by atoms with Crippen LogP contribution in [0.2, 0.25) is 0 Å². The van der Waals surface area contributed by atoms with Gasteiger partial charge in [-0.05, 0) is 59.9 Å². The maximum atomic E-state index is 13.4. The number of aromatic nitrogens is 2. The lowest BCUT2D eigenvalue weighted by molar-refractivity contribution is 0.150. The van der Waals surface area contributed by atoms with E-state index in [9.17, 15) is 4.79 Å². The Hall–Kier alpha value is -4.06. The SMILES string of the molecule is Cc1nc2ccc(-c3ccc4c(c3)CN(C(=O)N3CC=C(c5ccccc5)CC3)CCO4)cc2[nH]1. The van der Waals surface area contributed by atoms with Gasteiger partial charge in [0.15, 0.2) is 0 Å². The first-order chi connectivity index (χ1) is 17.1. The molecule has 0 bridgehead atoms. The number of aromatic amines is 1. The first kappa shape index (κ1) is 21.5. The Morgan fingerprint density at radius 2 is 1.77 bits per heavy atom. The minimum Gasteiger partial charge on any atom is -0.491 e. The molecule has 0 fully saturated rings. The number of benzene rings is 3. The topological polar surface area (TPSA) is 61.5 Å². The number of rotatable bonds is 2. The molecule has 0 atom stereocenters. The van der Waals surface area contributed by atoms with Crippen LogP contribution < -0.4 is 4.74 Å². The van der Waals surface area contributed by atoms with Gasteiger partial charge in [-0.3, -0.25) is 0 Å². The van der Waals surface area contributed by atoms with Gasteiger partial charge in [-0.25, -0.2) is 9.78 Å². The highest BCUT2D eigenvalue weighted by Crippen LogP contribution is 2.31. The molecule has 6 rings (SSSR count). The number of H-pyrrole nitrogens is 1. The molecule has 0 saturated carbocycles. The Morgan fingerprint density at radius 3 is 2.60 bits per heavy atom. The van der Waals surface area contributed by atoms with Crippen molar-refractivity contribution in [2.24, 2.45) is 0 Å². The highest BCUT2D eigenvalue weighted by atomic mass is 16.5. The van der Waals surface area contributed by atoms with Crippen LogP contribution in [0.1, 0.15) is 23.4 Å². The number of nitrogens with one attached hydrogen (secondary N) is 1. The van der Waals surface area contributed by atoms with Gasteiger partial charge in [0.1, 0.15) is 18.2 Å². The zero-order chi connectivity index (χ0) is 23.8. The number of nitrogens with zero attached hydrogens (tertiary/aromatic N) is 3. The molecule has 6 nitrogen and oxygen atoms in total. The van der Waals surface area contributed by atoms with Crippen LogP contribution in [0.25, 0.3) is 27.7 Å². The summed E-state index contributed by atoms with van der Waals surface area (Å²) in [5, 5.41) is 0. The smallest absolute Gasteiger partial charge is 0.320 e. The molecule has 35 heavy (non-hydrogen) atoms. The van der Waals surface area contributed by atoms with E-state index in [1.54, 1.807) is 0 Å². The van der Waals surface area contributed by atoms with Gasteiger partial charge < -0.3 is 19.5 Å². The highest BCUT2D eigenvalue weighted by molar-refractivity contribution is 5.82. The summed E-state index contributed by atoms with van der Waals surface area (Å²) in [4.78, 5) is 25.1. The van der Waals surface area contributed by atoms with Gasteiger partial charge in [-0.2, -0.15) is 0 Å². The van der Waals surface area contributed by atoms with E-state index in [0.29, 0.717) is 26.2 Å². The lowest BCUT2D eigenvalue weighted by Gasteiger charge is -2.32. The number of fused-ring (bicyclic) bond motifs is 2. The van der Waals surface area contributed by atoms with E-state index in [-0.39, 0.29) is 6.03 Å². The van der Waals surface area contributed by atoms with E-state index in [1.807, 2.05) is 34.9 Å². The van der Waals surface area contributed by atoms with E-state index < -0.39 is 0 Å². The van der Waals surface area contributed by atoms with Crippen LogP contribution in [-0.2, 0) is 6.54 Å². The molecule has 0 radical (unpaired) electrons. The predicted octanol–water partition coefficient (Wildman–Crippen LogP) is 5.64. The van der Waals surface area contributed by atoms with Gasteiger partial charge in [-0.1, -0.05) is 48.5 Å². The third-order valence-corrected chi connectivity index (χ3v) is 6.87. The molecule has 0 saturated heterocycles. The third-order valence-electron chi connectivity index (χ3n) is 6.87. The number of ether oxygens (including phenoxy) is 1. The summed E-state index contributed by atoms with van der Waals surface area (Å²) in [6, 6.07) is 23.0. The fourth-order valence-corrected chi connectivity index (χ4v) is 5.01. The molecule has 0 unspecified atom stereocenters. The number of amides is 2. The van der Waals surface area contributed by atoms with Gasteiger partial charge >= 0.3 is 6.03 Å². The zero-order valence-electron chi connectivity index (χ0n) is 19.8. The molecule has 2 aliphatic rings. The van der Waals surface area contributed by atoms with Gasteiger partial charge in [0.05, 0.1) is 24.1 Å². The van der Waals surface area contributed by atoms with E-state index in [4.69, 9.17) is 4.74 Å². The first-order valence-corrected chi connectivity index (χ1v) is 12.1. The number of hydrogen-bond acceptors (Lipinski definition) is 3. The molecule has 0 aliphatic carbocycles. The number of imidazole rings is 1. The molecule has 1 N–H and O–H groups in total. The second-order valence-electron chi connectivity index (χ2n) is 9.22. The van der Waals surface area contributed by atoms with Crippen LogP contribution in [0.4, 0.5) is 4.79 Å². The molecule has 2 aliphatic heterocycles. The number of aryl methyl sites for hydroxylation is 1. The lowest BCUT2D eigenvalue weighted by Crippen LogP contribution is -2.45. The van der Waals surface area contributed by atoms with Gasteiger partial charge in [0.25, 0.3) is 0 Å². The third kappa shape index (κ3) is 4.28. The van der Waals surface area contributed by atoms with Crippen molar-refractivity contribution in [1.82, 2.24) is 19.8 Å². The minimum absolute atomic E-state index is 0.0737. The summed E-state index contributed by atoms with van der Waals surface area (Å²) in [6.45, 7) is 4.94. The second kappa shape index (κ2) is 8.95. The molecule has 4 aromatic rings. The average Bonchev–Trinajstić information content (AvgIpc) is 3.14. The molecule has 2 amide bonds. The Kier molecular flexibility index (Phi) is 5.49. The van der Waals surface area contributed by atoms with Crippen molar-refractivity contribution in [2.45, 2.75) is 19.9 Å². The molecule has 3 aromatic carbocycles. The van der Waals surface area contributed by atoms with E-state index in [0.717, 1.165) is 52.3 Å². The standard InChI is InChI=1S/C29H28N4O2/c1-20-30-26-9-7-24(18-27(26)31-20)23-8-10-28-25(17-23)19-33(15-16-35-28)29(34)32-13-11-22(12-14-32)21-5-3-2-4-6-21/h2-11,17-18H,12-16,19H2,1H3,(H,30,31). The van der Waals surface area contributed by atoms with Gasteiger partial charge in [-0.15, -0.1) is 0 Å². The van der Waals surface area contributed by atoms with E-state index >= 15 is 0 Å².